The zero-order valence-electron chi connectivity index (χ0n) is 11.4. The summed E-state index contributed by atoms with van der Waals surface area (Å²) in [5, 5.41) is 5.39. The van der Waals surface area contributed by atoms with Crippen LogP contribution in [0.4, 0.5) is 4.79 Å². The van der Waals surface area contributed by atoms with Crippen molar-refractivity contribution >= 4 is 6.03 Å². The van der Waals surface area contributed by atoms with Gasteiger partial charge in [0, 0.05) is 20.8 Å². The largest absolute Gasteiger partial charge is 0.497 e. The number of hydrogen-bond donors (Lipinski definition) is 2. The minimum atomic E-state index is -0.442. The van der Waals surface area contributed by atoms with E-state index in [1.165, 1.54) is 14.2 Å². The molecule has 0 saturated carbocycles. The molecule has 2 N–H and O–H groups in total. The van der Waals surface area contributed by atoms with Gasteiger partial charge in [0.25, 0.3) is 0 Å². The maximum atomic E-state index is 11.5. The van der Waals surface area contributed by atoms with Crippen molar-refractivity contribution in [3.05, 3.63) is 29.8 Å². The molecule has 0 saturated heterocycles. The van der Waals surface area contributed by atoms with Crippen molar-refractivity contribution in [1.82, 2.24) is 10.6 Å². The van der Waals surface area contributed by atoms with Gasteiger partial charge in [0.2, 0.25) is 0 Å². The highest BCUT2D eigenvalue weighted by atomic mass is 16.7. The van der Waals surface area contributed by atoms with Crippen LogP contribution in [0.25, 0.3) is 0 Å². The van der Waals surface area contributed by atoms with Gasteiger partial charge in [-0.25, -0.2) is 4.79 Å². The maximum absolute atomic E-state index is 11.5. The highest BCUT2D eigenvalue weighted by molar-refractivity contribution is 5.73. The molecule has 6 nitrogen and oxygen atoms in total. The summed E-state index contributed by atoms with van der Waals surface area (Å²) in [6.07, 6.45) is -0.442. The Labute approximate surface area is 113 Å². The number of hydrogen-bond acceptors (Lipinski definition) is 4. The van der Waals surface area contributed by atoms with Crippen molar-refractivity contribution < 1.29 is 19.0 Å². The highest BCUT2D eigenvalue weighted by Gasteiger charge is 2.07. The molecule has 6 heteroatoms. The molecule has 1 aromatic rings. The molecule has 0 radical (unpaired) electrons. The number of ether oxygens (including phenoxy) is 3. The lowest BCUT2D eigenvalue weighted by atomic mass is 10.2. The topological polar surface area (TPSA) is 68.8 Å². The molecule has 1 rings (SSSR count). The fourth-order valence-electron chi connectivity index (χ4n) is 1.47. The zero-order valence-corrected chi connectivity index (χ0v) is 11.4. The molecule has 2 amide bonds. The second kappa shape index (κ2) is 8.34. The number of urea groups is 1. The third-order valence-electron chi connectivity index (χ3n) is 2.54. The van der Waals surface area contributed by atoms with Gasteiger partial charge in [-0.3, -0.25) is 0 Å². The van der Waals surface area contributed by atoms with Gasteiger partial charge in [-0.05, 0) is 17.7 Å². The average molecular weight is 268 g/mol. The lowest BCUT2D eigenvalue weighted by Crippen LogP contribution is -2.40. The van der Waals surface area contributed by atoms with Crippen LogP contribution in [0.3, 0.4) is 0 Å². The van der Waals surface area contributed by atoms with Crippen molar-refractivity contribution in [3.8, 4) is 5.75 Å². The molecule has 0 atom stereocenters. The Kier molecular flexibility index (Phi) is 6.70. The second-order valence-corrected chi connectivity index (χ2v) is 3.82. The Morgan fingerprint density at radius 3 is 2.58 bits per heavy atom. The van der Waals surface area contributed by atoms with Crippen LogP contribution in [-0.4, -0.2) is 40.2 Å². The van der Waals surface area contributed by atoms with E-state index in [1.807, 2.05) is 24.3 Å². The van der Waals surface area contributed by atoms with Gasteiger partial charge in [0.15, 0.2) is 6.29 Å². The second-order valence-electron chi connectivity index (χ2n) is 3.82. The Morgan fingerprint density at radius 2 is 1.95 bits per heavy atom. The van der Waals surface area contributed by atoms with Gasteiger partial charge in [-0.2, -0.15) is 0 Å². The fraction of sp³-hybridized carbons (Fsp3) is 0.462. The average Bonchev–Trinajstić information content (AvgIpc) is 2.46. The van der Waals surface area contributed by atoms with Crippen LogP contribution in [0, 0.1) is 0 Å². The van der Waals surface area contributed by atoms with Crippen molar-refractivity contribution in [2.75, 3.05) is 27.9 Å². The van der Waals surface area contributed by atoms with E-state index in [4.69, 9.17) is 14.2 Å². The lowest BCUT2D eigenvalue weighted by Gasteiger charge is -2.14. The highest BCUT2D eigenvalue weighted by Crippen LogP contribution is 2.11. The van der Waals surface area contributed by atoms with E-state index in [9.17, 15) is 4.79 Å². The van der Waals surface area contributed by atoms with Gasteiger partial charge in [0.05, 0.1) is 13.7 Å². The molecular weight excluding hydrogens is 248 g/mol. The van der Waals surface area contributed by atoms with E-state index < -0.39 is 6.29 Å². The van der Waals surface area contributed by atoms with Crippen LogP contribution in [0.2, 0.25) is 0 Å². The quantitative estimate of drug-likeness (QED) is 0.727. The number of benzene rings is 1. The summed E-state index contributed by atoms with van der Waals surface area (Å²) in [6.45, 7) is 0.713. The van der Waals surface area contributed by atoms with Gasteiger partial charge in [0.1, 0.15) is 5.75 Å². The molecule has 0 unspecified atom stereocenters. The molecule has 0 aliphatic rings. The number of carbonyl (C=O) groups excluding carboxylic acids is 1. The van der Waals surface area contributed by atoms with E-state index in [0.29, 0.717) is 6.54 Å². The van der Waals surface area contributed by atoms with Crippen LogP contribution < -0.4 is 15.4 Å². The van der Waals surface area contributed by atoms with Crippen molar-refractivity contribution in [2.24, 2.45) is 0 Å². The molecular formula is C13H20N2O4. The SMILES string of the molecule is COc1cccc(CNC(=O)NCC(OC)OC)c1. The molecule has 0 spiro atoms. The van der Waals surface area contributed by atoms with Gasteiger partial charge in [-0.15, -0.1) is 0 Å². The Bertz CT molecular complexity index is 394. The van der Waals surface area contributed by atoms with Crippen LogP contribution in [0.5, 0.6) is 5.75 Å². The minimum absolute atomic E-state index is 0.276. The number of carbonyl (C=O) groups is 1. The van der Waals surface area contributed by atoms with Crippen LogP contribution in [0.15, 0.2) is 24.3 Å². The number of amides is 2. The Balaban J connectivity index is 2.33. The summed E-state index contributed by atoms with van der Waals surface area (Å²) in [5.41, 5.74) is 0.963. The predicted molar refractivity (Wildman–Crippen MR) is 71.0 cm³/mol. The molecule has 106 valence electrons. The number of methoxy groups -OCH3 is 3. The van der Waals surface area contributed by atoms with Crippen molar-refractivity contribution in [3.63, 3.8) is 0 Å². The summed E-state index contributed by atoms with van der Waals surface area (Å²) >= 11 is 0. The molecule has 0 aliphatic heterocycles. The van der Waals surface area contributed by atoms with Crippen molar-refractivity contribution in [1.29, 1.82) is 0 Å². The maximum Gasteiger partial charge on any atom is 0.315 e. The molecule has 0 bridgehead atoms. The Hall–Kier alpha value is -1.79. The zero-order chi connectivity index (χ0) is 14.1. The molecule has 0 aromatic heterocycles. The summed E-state index contributed by atoms with van der Waals surface area (Å²) < 4.78 is 15.0. The molecule has 0 aliphatic carbocycles. The summed E-state index contributed by atoms with van der Waals surface area (Å²) in [7, 11) is 4.64. The van der Waals surface area contributed by atoms with E-state index >= 15 is 0 Å². The summed E-state index contributed by atoms with van der Waals surface area (Å²) in [4.78, 5) is 11.5. The molecule has 0 heterocycles. The number of rotatable bonds is 7. The van der Waals surface area contributed by atoms with Crippen molar-refractivity contribution in [2.45, 2.75) is 12.8 Å². The molecule has 1 aromatic carbocycles. The Morgan fingerprint density at radius 1 is 1.21 bits per heavy atom. The van der Waals surface area contributed by atoms with Crippen LogP contribution in [-0.2, 0) is 16.0 Å². The van der Waals surface area contributed by atoms with Crippen LogP contribution in [0.1, 0.15) is 5.56 Å². The van der Waals surface area contributed by atoms with Gasteiger partial charge >= 0.3 is 6.03 Å². The van der Waals surface area contributed by atoms with Gasteiger partial charge in [-0.1, -0.05) is 12.1 Å². The van der Waals surface area contributed by atoms with Gasteiger partial charge < -0.3 is 24.8 Å². The first-order chi connectivity index (χ1) is 9.19. The summed E-state index contributed by atoms with van der Waals surface area (Å²) in [5.74, 6) is 0.763. The fourth-order valence-corrected chi connectivity index (χ4v) is 1.47. The van der Waals surface area contributed by atoms with E-state index in [0.717, 1.165) is 11.3 Å². The van der Waals surface area contributed by atoms with E-state index in [2.05, 4.69) is 10.6 Å². The summed E-state index contributed by atoms with van der Waals surface area (Å²) in [6, 6.07) is 7.23. The first kappa shape index (κ1) is 15.3. The van der Waals surface area contributed by atoms with E-state index in [-0.39, 0.29) is 12.6 Å². The van der Waals surface area contributed by atoms with Crippen LogP contribution >= 0.6 is 0 Å². The lowest BCUT2D eigenvalue weighted by molar-refractivity contribution is -0.0971. The first-order valence-corrected chi connectivity index (χ1v) is 5.89. The van der Waals surface area contributed by atoms with E-state index in [1.54, 1.807) is 7.11 Å². The third kappa shape index (κ3) is 5.58. The standard InChI is InChI=1S/C13H20N2O4/c1-17-11-6-4-5-10(7-11)8-14-13(16)15-9-12(18-2)19-3/h4-7,12H,8-9H2,1-3H3,(H2,14,15,16). The predicted octanol–water partition coefficient (Wildman–Crippen LogP) is 1.11. The first-order valence-electron chi connectivity index (χ1n) is 5.89. The molecule has 19 heavy (non-hydrogen) atoms. The smallest absolute Gasteiger partial charge is 0.315 e. The molecule has 0 fully saturated rings. The monoisotopic (exact) mass is 268 g/mol. The third-order valence-corrected chi connectivity index (χ3v) is 2.54. The normalized spacial score (nSPS) is 10.3. The minimum Gasteiger partial charge on any atom is -0.497 e. The number of nitrogens with one attached hydrogen (secondary N) is 2.